The minimum atomic E-state index is -0.422. The third-order valence-corrected chi connectivity index (χ3v) is 4.89. The van der Waals surface area contributed by atoms with E-state index in [-0.39, 0.29) is 5.91 Å². The van der Waals surface area contributed by atoms with Crippen LogP contribution in [0, 0.1) is 0 Å². The summed E-state index contributed by atoms with van der Waals surface area (Å²) >= 11 is 4.75. The van der Waals surface area contributed by atoms with Gasteiger partial charge in [-0.3, -0.25) is 4.79 Å². The molecular weight excluding hydrogens is 366 g/mol. The Balaban J connectivity index is 2.42. The number of halogens is 1. The number of benzene rings is 1. The second-order valence-electron chi connectivity index (χ2n) is 4.38. The van der Waals surface area contributed by atoms with Crippen LogP contribution in [0.15, 0.2) is 40.2 Å². The number of anilines is 1. The maximum absolute atomic E-state index is 12.7. The molecule has 1 aromatic carbocycles. The maximum atomic E-state index is 12.7. The predicted molar refractivity (Wildman–Crippen MR) is 91.8 cm³/mol. The second-order valence-corrected chi connectivity index (χ2v) is 6.16. The number of rotatable bonds is 5. The monoisotopic (exact) mass is 381 g/mol. The summed E-state index contributed by atoms with van der Waals surface area (Å²) in [6.07, 6.45) is 0. The molecule has 0 unspecified atom stereocenters. The van der Waals surface area contributed by atoms with Gasteiger partial charge < -0.3 is 9.64 Å². The quantitative estimate of drug-likeness (QED) is 0.723. The minimum Gasteiger partial charge on any atom is -0.462 e. The van der Waals surface area contributed by atoms with Crippen molar-refractivity contribution >= 4 is 44.8 Å². The highest BCUT2D eigenvalue weighted by atomic mass is 79.9. The van der Waals surface area contributed by atoms with E-state index >= 15 is 0 Å². The summed E-state index contributed by atoms with van der Waals surface area (Å²) < 4.78 is 5.83. The fourth-order valence-corrected chi connectivity index (χ4v) is 3.57. The highest BCUT2D eigenvalue weighted by Crippen LogP contribution is 2.28. The van der Waals surface area contributed by atoms with Crippen LogP contribution in [-0.4, -0.2) is 25.0 Å². The summed E-state index contributed by atoms with van der Waals surface area (Å²) in [7, 11) is 0. The summed E-state index contributed by atoms with van der Waals surface area (Å²) in [6.45, 7) is 4.39. The summed E-state index contributed by atoms with van der Waals surface area (Å²) in [5.74, 6) is -0.560. The molecule has 0 saturated carbocycles. The van der Waals surface area contributed by atoms with Gasteiger partial charge >= 0.3 is 5.97 Å². The van der Waals surface area contributed by atoms with Crippen LogP contribution < -0.4 is 4.90 Å². The Bertz CT molecular complexity index is 684. The molecule has 2 aromatic rings. The lowest BCUT2D eigenvalue weighted by Gasteiger charge is -2.23. The van der Waals surface area contributed by atoms with E-state index in [9.17, 15) is 9.59 Å². The molecule has 0 radical (unpaired) electrons. The summed E-state index contributed by atoms with van der Waals surface area (Å²) in [6, 6.07) is 8.83. The molecule has 0 bridgehead atoms. The molecule has 0 aliphatic rings. The van der Waals surface area contributed by atoms with Gasteiger partial charge in [0, 0.05) is 11.0 Å². The molecule has 1 amide bonds. The van der Waals surface area contributed by atoms with Gasteiger partial charge in [-0.25, -0.2) is 4.79 Å². The van der Waals surface area contributed by atoms with Gasteiger partial charge in [0.2, 0.25) is 0 Å². The number of carbonyl (C=O) groups is 2. The van der Waals surface area contributed by atoms with Gasteiger partial charge in [0.1, 0.15) is 4.88 Å². The SMILES string of the molecule is CCOC(=O)c1ccccc1N(CC)C(=O)c1sccc1Br. The first kappa shape index (κ1) is 16.7. The molecule has 0 spiro atoms. The highest BCUT2D eigenvalue weighted by Gasteiger charge is 2.24. The molecule has 0 N–H and O–H groups in total. The topological polar surface area (TPSA) is 46.6 Å². The summed E-state index contributed by atoms with van der Waals surface area (Å²) in [5.41, 5.74) is 0.959. The average molecular weight is 382 g/mol. The van der Waals surface area contributed by atoms with E-state index in [1.54, 1.807) is 36.1 Å². The van der Waals surface area contributed by atoms with Gasteiger partial charge in [-0.1, -0.05) is 12.1 Å². The van der Waals surface area contributed by atoms with E-state index in [4.69, 9.17) is 4.74 Å². The van der Waals surface area contributed by atoms with Crippen molar-refractivity contribution in [3.63, 3.8) is 0 Å². The van der Waals surface area contributed by atoms with Gasteiger partial charge in [0.15, 0.2) is 0 Å². The number of thiophene rings is 1. The van der Waals surface area contributed by atoms with Crippen LogP contribution in [0.2, 0.25) is 0 Å². The number of hydrogen-bond donors (Lipinski definition) is 0. The van der Waals surface area contributed by atoms with E-state index in [1.165, 1.54) is 11.3 Å². The molecule has 0 atom stereocenters. The largest absolute Gasteiger partial charge is 0.462 e. The standard InChI is InChI=1S/C16H16BrNO3S/c1-3-18(15(19)14-12(17)9-10-22-14)13-8-6-5-7-11(13)16(20)21-4-2/h5-10H,3-4H2,1-2H3. The van der Waals surface area contributed by atoms with Gasteiger partial charge in [-0.05, 0) is 53.4 Å². The zero-order chi connectivity index (χ0) is 16.1. The Hall–Kier alpha value is -1.66. The normalized spacial score (nSPS) is 10.3. The van der Waals surface area contributed by atoms with Crippen molar-refractivity contribution < 1.29 is 14.3 Å². The van der Waals surface area contributed by atoms with Crippen LogP contribution in [0.25, 0.3) is 0 Å². The summed E-state index contributed by atoms with van der Waals surface area (Å²) in [4.78, 5) is 27.0. The van der Waals surface area contributed by atoms with E-state index < -0.39 is 5.97 Å². The van der Waals surface area contributed by atoms with E-state index in [0.29, 0.717) is 29.3 Å². The zero-order valence-corrected chi connectivity index (χ0v) is 14.7. The van der Waals surface area contributed by atoms with Crippen LogP contribution in [0.3, 0.4) is 0 Å². The number of esters is 1. The van der Waals surface area contributed by atoms with Crippen molar-refractivity contribution in [1.29, 1.82) is 0 Å². The van der Waals surface area contributed by atoms with Crippen molar-refractivity contribution in [2.24, 2.45) is 0 Å². The lowest BCUT2D eigenvalue weighted by atomic mass is 10.1. The second kappa shape index (κ2) is 7.56. The van der Waals surface area contributed by atoms with Crippen LogP contribution in [0.5, 0.6) is 0 Å². The van der Waals surface area contributed by atoms with Crippen molar-refractivity contribution in [2.75, 3.05) is 18.1 Å². The van der Waals surface area contributed by atoms with Gasteiger partial charge in [-0.2, -0.15) is 0 Å². The predicted octanol–water partition coefficient (Wildman–Crippen LogP) is 4.35. The lowest BCUT2D eigenvalue weighted by Crippen LogP contribution is -2.31. The van der Waals surface area contributed by atoms with Gasteiger partial charge in [0.25, 0.3) is 5.91 Å². The fraction of sp³-hybridized carbons (Fsp3) is 0.250. The molecule has 2 rings (SSSR count). The highest BCUT2D eigenvalue weighted by molar-refractivity contribution is 9.10. The first-order chi connectivity index (χ1) is 10.6. The molecule has 0 aliphatic carbocycles. The van der Waals surface area contributed by atoms with Crippen LogP contribution in [-0.2, 0) is 4.74 Å². The van der Waals surface area contributed by atoms with Crippen molar-refractivity contribution in [1.82, 2.24) is 0 Å². The molecule has 1 aromatic heterocycles. The zero-order valence-electron chi connectivity index (χ0n) is 12.3. The minimum absolute atomic E-state index is 0.138. The number of para-hydroxylation sites is 1. The smallest absolute Gasteiger partial charge is 0.340 e. The molecule has 0 saturated heterocycles. The maximum Gasteiger partial charge on any atom is 0.340 e. The van der Waals surface area contributed by atoms with Crippen LogP contribution in [0.4, 0.5) is 5.69 Å². The number of nitrogens with zero attached hydrogens (tertiary/aromatic N) is 1. The van der Waals surface area contributed by atoms with E-state index in [0.717, 1.165) is 4.47 Å². The first-order valence-electron chi connectivity index (χ1n) is 6.91. The number of ether oxygens (including phenoxy) is 1. The molecule has 0 fully saturated rings. The van der Waals surface area contributed by atoms with Crippen LogP contribution >= 0.6 is 27.3 Å². The van der Waals surface area contributed by atoms with E-state index in [1.807, 2.05) is 18.4 Å². The Labute approximate surface area is 141 Å². The fourth-order valence-electron chi connectivity index (χ4n) is 2.08. The number of hydrogen-bond acceptors (Lipinski definition) is 4. The molecule has 4 nitrogen and oxygen atoms in total. The Morgan fingerprint density at radius 1 is 1.23 bits per heavy atom. The molecule has 0 aliphatic heterocycles. The molecular formula is C16H16BrNO3S. The van der Waals surface area contributed by atoms with Gasteiger partial charge in [-0.15, -0.1) is 11.3 Å². The Morgan fingerprint density at radius 2 is 1.95 bits per heavy atom. The van der Waals surface area contributed by atoms with Gasteiger partial charge in [0.05, 0.1) is 17.9 Å². The summed E-state index contributed by atoms with van der Waals surface area (Å²) in [5, 5.41) is 1.85. The van der Waals surface area contributed by atoms with Crippen molar-refractivity contribution in [2.45, 2.75) is 13.8 Å². The van der Waals surface area contributed by atoms with Crippen molar-refractivity contribution in [3.05, 3.63) is 50.6 Å². The number of amides is 1. The van der Waals surface area contributed by atoms with E-state index in [2.05, 4.69) is 15.9 Å². The lowest BCUT2D eigenvalue weighted by molar-refractivity contribution is 0.0527. The Kier molecular flexibility index (Phi) is 5.74. The Morgan fingerprint density at radius 3 is 2.55 bits per heavy atom. The third kappa shape index (κ3) is 3.39. The molecule has 6 heteroatoms. The molecule has 116 valence electrons. The first-order valence-corrected chi connectivity index (χ1v) is 8.58. The molecule has 1 heterocycles. The third-order valence-electron chi connectivity index (χ3n) is 3.06. The molecule has 22 heavy (non-hydrogen) atoms. The average Bonchev–Trinajstić information content (AvgIpc) is 2.94. The van der Waals surface area contributed by atoms with Crippen LogP contribution in [0.1, 0.15) is 33.9 Å². The number of carbonyl (C=O) groups excluding carboxylic acids is 2. The van der Waals surface area contributed by atoms with Crippen molar-refractivity contribution in [3.8, 4) is 0 Å².